The third-order valence-corrected chi connectivity index (χ3v) is 5.00. The first-order chi connectivity index (χ1) is 11.7. The Morgan fingerprint density at radius 2 is 1.96 bits per heavy atom. The highest BCUT2D eigenvalue weighted by Gasteiger charge is 2.17. The Bertz CT molecular complexity index is 645. The first-order valence-electron chi connectivity index (χ1n) is 8.92. The van der Waals surface area contributed by atoms with E-state index < -0.39 is 0 Å². The van der Waals surface area contributed by atoms with Gasteiger partial charge in [0.2, 0.25) is 0 Å². The summed E-state index contributed by atoms with van der Waals surface area (Å²) in [7, 11) is 0. The van der Waals surface area contributed by atoms with Crippen molar-refractivity contribution >= 4 is 17.1 Å². The van der Waals surface area contributed by atoms with Gasteiger partial charge in [-0.15, -0.1) is 11.3 Å². The maximum Gasteiger partial charge on any atom is 0.185 e. The lowest BCUT2D eigenvalue weighted by atomic mass is 10.00. The Morgan fingerprint density at radius 1 is 1.17 bits per heavy atom. The van der Waals surface area contributed by atoms with Gasteiger partial charge >= 0.3 is 0 Å². The van der Waals surface area contributed by atoms with Gasteiger partial charge in [-0.3, -0.25) is 4.79 Å². The third kappa shape index (κ3) is 5.72. The summed E-state index contributed by atoms with van der Waals surface area (Å²) in [5.41, 5.74) is 1.67. The second-order valence-corrected chi connectivity index (χ2v) is 7.08. The van der Waals surface area contributed by atoms with Gasteiger partial charge < -0.3 is 0 Å². The van der Waals surface area contributed by atoms with Crippen molar-refractivity contribution < 1.29 is 4.79 Å². The van der Waals surface area contributed by atoms with E-state index in [1.165, 1.54) is 37.0 Å². The second kappa shape index (κ2) is 10.2. The predicted octanol–water partition coefficient (Wildman–Crippen LogP) is 6.55. The molecule has 24 heavy (non-hydrogen) atoms. The van der Waals surface area contributed by atoms with Crippen LogP contribution in [-0.2, 0) is 0 Å². The topological polar surface area (TPSA) is 30.0 Å². The molecule has 0 bridgehead atoms. The molecule has 0 aliphatic heterocycles. The van der Waals surface area contributed by atoms with E-state index in [4.69, 9.17) is 0 Å². The van der Waals surface area contributed by atoms with Crippen LogP contribution < -0.4 is 0 Å². The molecule has 1 aromatic carbocycles. The molecule has 0 spiro atoms. The average molecular weight is 342 g/mol. The lowest BCUT2D eigenvalue weighted by Crippen LogP contribution is -2.10. The highest BCUT2D eigenvalue weighted by atomic mass is 32.1. The number of nitrogens with zero attached hydrogens (tertiary/aromatic N) is 1. The van der Waals surface area contributed by atoms with E-state index in [0.717, 1.165) is 23.4 Å². The predicted molar refractivity (Wildman–Crippen MR) is 104 cm³/mol. The lowest BCUT2D eigenvalue weighted by Gasteiger charge is -2.05. The van der Waals surface area contributed by atoms with Crippen LogP contribution in [0.25, 0.3) is 10.6 Å². The summed E-state index contributed by atoms with van der Waals surface area (Å²) in [6.45, 7) is 4.22. The van der Waals surface area contributed by atoms with Gasteiger partial charge in [-0.05, 0) is 19.3 Å². The smallest absolute Gasteiger partial charge is 0.185 e. The molecular weight excluding hydrogens is 314 g/mol. The fourth-order valence-electron chi connectivity index (χ4n) is 2.57. The van der Waals surface area contributed by atoms with Crippen LogP contribution >= 0.6 is 11.3 Å². The number of Topliss-reactive ketones (excluding diaryl/α,β-unsaturated/α-hetero) is 1. The molecular formula is C21H27NOS. The van der Waals surface area contributed by atoms with E-state index in [9.17, 15) is 4.79 Å². The van der Waals surface area contributed by atoms with Crippen molar-refractivity contribution in [2.24, 2.45) is 5.92 Å². The van der Waals surface area contributed by atoms with Gasteiger partial charge in [0.15, 0.2) is 5.78 Å². The van der Waals surface area contributed by atoms with E-state index >= 15 is 0 Å². The molecule has 128 valence electrons. The molecule has 3 heteroatoms. The highest BCUT2D eigenvalue weighted by Crippen LogP contribution is 2.25. The Morgan fingerprint density at radius 3 is 2.71 bits per heavy atom. The standard InChI is InChI=1S/C21H27NOS/c1-3-4-5-6-7-8-10-13-17(2)20(23)19-16-24-21(22-19)18-14-11-9-12-15-18/h8-12,14-17H,3-7,13H2,1-2H3/b10-8+. The van der Waals surface area contributed by atoms with Crippen molar-refractivity contribution in [2.75, 3.05) is 0 Å². The summed E-state index contributed by atoms with van der Waals surface area (Å²) < 4.78 is 0. The van der Waals surface area contributed by atoms with Crippen molar-refractivity contribution in [1.29, 1.82) is 0 Å². The van der Waals surface area contributed by atoms with Gasteiger partial charge in [0.05, 0.1) is 0 Å². The molecule has 2 nitrogen and oxygen atoms in total. The van der Waals surface area contributed by atoms with E-state index in [1.54, 1.807) is 0 Å². The Balaban J connectivity index is 1.83. The van der Waals surface area contributed by atoms with E-state index in [0.29, 0.717) is 5.69 Å². The molecule has 1 aromatic heterocycles. The number of benzene rings is 1. The van der Waals surface area contributed by atoms with Gasteiger partial charge in [0.1, 0.15) is 10.7 Å². The number of hydrogen-bond donors (Lipinski definition) is 0. The Hall–Kier alpha value is -1.74. The summed E-state index contributed by atoms with van der Waals surface area (Å²) in [5, 5.41) is 2.80. The number of aromatic nitrogens is 1. The summed E-state index contributed by atoms with van der Waals surface area (Å²) in [6, 6.07) is 10.0. The van der Waals surface area contributed by atoms with Crippen LogP contribution in [0.2, 0.25) is 0 Å². The molecule has 0 saturated heterocycles. The molecule has 0 N–H and O–H groups in total. The maximum absolute atomic E-state index is 12.5. The van der Waals surface area contributed by atoms with E-state index in [-0.39, 0.29) is 11.7 Å². The molecule has 0 saturated carbocycles. The normalized spacial score (nSPS) is 12.6. The quantitative estimate of drug-likeness (QED) is 0.279. The SMILES string of the molecule is CCCCCC/C=C/CC(C)C(=O)c1csc(-c2ccccc2)n1. The second-order valence-electron chi connectivity index (χ2n) is 6.23. The summed E-state index contributed by atoms with van der Waals surface area (Å²) >= 11 is 1.54. The molecule has 2 rings (SSSR count). The van der Waals surface area contributed by atoms with Crippen LogP contribution in [0.3, 0.4) is 0 Å². The van der Waals surface area contributed by atoms with Crippen LogP contribution in [0, 0.1) is 5.92 Å². The zero-order valence-corrected chi connectivity index (χ0v) is 15.5. The number of allylic oxidation sites excluding steroid dienone is 2. The third-order valence-electron chi connectivity index (χ3n) is 4.11. The minimum absolute atomic E-state index is 0.0115. The average Bonchev–Trinajstić information content (AvgIpc) is 3.11. The van der Waals surface area contributed by atoms with Gasteiger partial charge in [-0.25, -0.2) is 4.98 Å². The fourth-order valence-corrected chi connectivity index (χ4v) is 3.38. The largest absolute Gasteiger partial charge is 0.292 e. The number of ketones is 1. The van der Waals surface area contributed by atoms with Crippen molar-refractivity contribution in [3.63, 3.8) is 0 Å². The monoisotopic (exact) mass is 341 g/mol. The molecule has 0 fully saturated rings. The molecule has 1 heterocycles. The van der Waals surface area contributed by atoms with Crippen LogP contribution in [0.1, 0.15) is 62.9 Å². The van der Waals surface area contributed by atoms with Crippen LogP contribution in [-0.4, -0.2) is 10.8 Å². The first kappa shape index (κ1) is 18.6. The summed E-state index contributed by atoms with van der Waals surface area (Å²) in [6.07, 6.45) is 11.4. The van der Waals surface area contributed by atoms with Crippen molar-refractivity contribution in [2.45, 2.75) is 52.4 Å². The van der Waals surface area contributed by atoms with E-state index in [1.807, 2.05) is 42.6 Å². The van der Waals surface area contributed by atoms with Gasteiger partial charge in [-0.1, -0.05) is 75.6 Å². The van der Waals surface area contributed by atoms with Crippen molar-refractivity contribution in [3.05, 3.63) is 53.6 Å². The fraction of sp³-hybridized carbons (Fsp3) is 0.429. The van der Waals surface area contributed by atoms with Crippen molar-refractivity contribution in [3.8, 4) is 10.6 Å². The van der Waals surface area contributed by atoms with Gasteiger partial charge in [-0.2, -0.15) is 0 Å². The number of hydrogen-bond acceptors (Lipinski definition) is 3. The van der Waals surface area contributed by atoms with Crippen molar-refractivity contribution in [1.82, 2.24) is 4.98 Å². The maximum atomic E-state index is 12.5. The Kier molecular flexibility index (Phi) is 7.90. The number of unbranched alkanes of at least 4 members (excludes halogenated alkanes) is 4. The molecule has 1 unspecified atom stereocenters. The van der Waals surface area contributed by atoms with E-state index in [2.05, 4.69) is 24.1 Å². The van der Waals surface area contributed by atoms with Gasteiger partial charge in [0, 0.05) is 16.9 Å². The molecule has 0 amide bonds. The van der Waals surface area contributed by atoms with Crippen LogP contribution in [0.5, 0.6) is 0 Å². The molecule has 2 aromatic rings. The van der Waals surface area contributed by atoms with Crippen LogP contribution in [0.15, 0.2) is 47.9 Å². The molecule has 1 atom stereocenters. The number of carbonyl (C=O) groups excluding carboxylic acids is 1. The van der Waals surface area contributed by atoms with Crippen LogP contribution in [0.4, 0.5) is 0 Å². The number of carbonyl (C=O) groups is 1. The minimum Gasteiger partial charge on any atom is -0.292 e. The zero-order valence-electron chi connectivity index (χ0n) is 14.7. The number of thiazole rings is 1. The first-order valence-corrected chi connectivity index (χ1v) is 9.80. The molecule has 0 radical (unpaired) electrons. The van der Waals surface area contributed by atoms with Gasteiger partial charge in [0.25, 0.3) is 0 Å². The Labute approximate surface area is 149 Å². The zero-order chi connectivity index (χ0) is 17.2. The summed E-state index contributed by atoms with van der Waals surface area (Å²) in [4.78, 5) is 17.0. The minimum atomic E-state index is -0.0115. The molecule has 0 aliphatic rings. The highest BCUT2D eigenvalue weighted by molar-refractivity contribution is 7.13. The molecule has 0 aliphatic carbocycles. The number of rotatable bonds is 10. The lowest BCUT2D eigenvalue weighted by molar-refractivity contribution is 0.0926. The summed E-state index contributed by atoms with van der Waals surface area (Å²) in [5.74, 6) is 0.131.